The van der Waals surface area contributed by atoms with Crippen LogP contribution in [-0.4, -0.2) is 20.9 Å². The summed E-state index contributed by atoms with van der Waals surface area (Å²) in [5.74, 6) is 1.16. The highest BCUT2D eigenvalue weighted by Gasteiger charge is 2.02. The number of hydrogen-bond acceptors (Lipinski definition) is 2. The smallest absolute Gasteiger partial charge is 0.0839 e. The number of alkyl halides is 1. The SMILES string of the molecule is CC(C)c1ccc(Cn2cc(CCCl)nn2)cc1. The molecule has 1 heterocycles. The molecular weight excluding hydrogens is 246 g/mol. The van der Waals surface area contributed by atoms with Crippen molar-refractivity contribution in [3.8, 4) is 0 Å². The third-order valence-corrected chi connectivity index (χ3v) is 3.12. The summed E-state index contributed by atoms with van der Waals surface area (Å²) in [5, 5.41) is 8.17. The molecule has 0 aliphatic heterocycles. The first-order chi connectivity index (χ1) is 8.69. The van der Waals surface area contributed by atoms with Crippen LogP contribution in [0.15, 0.2) is 30.5 Å². The second-order valence-electron chi connectivity index (χ2n) is 4.74. The van der Waals surface area contributed by atoms with Crippen LogP contribution in [0, 0.1) is 0 Å². The predicted octanol–water partition coefficient (Wildman–Crippen LogP) is 3.23. The van der Waals surface area contributed by atoms with E-state index in [4.69, 9.17) is 11.6 Å². The molecule has 0 radical (unpaired) electrons. The Hall–Kier alpha value is -1.35. The van der Waals surface area contributed by atoms with Crippen molar-refractivity contribution in [1.82, 2.24) is 15.0 Å². The molecule has 1 aromatic carbocycles. The van der Waals surface area contributed by atoms with Crippen molar-refractivity contribution in [2.45, 2.75) is 32.7 Å². The van der Waals surface area contributed by atoms with Gasteiger partial charge in [0, 0.05) is 18.5 Å². The maximum atomic E-state index is 5.68. The summed E-state index contributed by atoms with van der Waals surface area (Å²) in [6.45, 7) is 5.16. The van der Waals surface area contributed by atoms with Gasteiger partial charge in [-0.25, -0.2) is 4.68 Å². The van der Waals surface area contributed by atoms with E-state index in [0.717, 1.165) is 18.7 Å². The molecular formula is C14H18ClN3. The first-order valence-corrected chi connectivity index (χ1v) is 6.76. The van der Waals surface area contributed by atoms with Gasteiger partial charge < -0.3 is 0 Å². The average molecular weight is 264 g/mol. The second-order valence-corrected chi connectivity index (χ2v) is 5.12. The van der Waals surface area contributed by atoms with Gasteiger partial charge in [0.05, 0.1) is 12.2 Å². The number of halogens is 1. The zero-order valence-electron chi connectivity index (χ0n) is 10.8. The van der Waals surface area contributed by atoms with Gasteiger partial charge in [-0.3, -0.25) is 0 Å². The maximum absolute atomic E-state index is 5.68. The Morgan fingerprint density at radius 1 is 1.22 bits per heavy atom. The summed E-state index contributed by atoms with van der Waals surface area (Å²) >= 11 is 5.68. The predicted molar refractivity (Wildman–Crippen MR) is 74.1 cm³/mol. The van der Waals surface area contributed by atoms with Crippen molar-refractivity contribution in [1.29, 1.82) is 0 Å². The molecule has 96 valence electrons. The Balaban J connectivity index is 2.03. The molecule has 0 aliphatic carbocycles. The molecule has 0 N–H and O–H groups in total. The van der Waals surface area contributed by atoms with E-state index < -0.39 is 0 Å². The number of nitrogens with zero attached hydrogens (tertiary/aromatic N) is 3. The van der Waals surface area contributed by atoms with Gasteiger partial charge in [0.1, 0.15) is 0 Å². The van der Waals surface area contributed by atoms with Gasteiger partial charge in [-0.1, -0.05) is 43.3 Å². The van der Waals surface area contributed by atoms with E-state index in [1.807, 2.05) is 10.9 Å². The van der Waals surface area contributed by atoms with E-state index in [1.165, 1.54) is 11.1 Å². The van der Waals surface area contributed by atoms with Gasteiger partial charge in [0.2, 0.25) is 0 Å². The molecule has 0 saturated carbocycles. The number of hydrogen-bond donors (Lipinski definition) is 0. The molecule has 1 aromatic heterocycles. The summed E-state index contributed by atoms with van der Waals surface area (Å²) < 4.78 is 1.85. The number of benzene rings is 1. The Morgan fingerprint density at radius 3 is 2.56 bits per heavy atom. The quantitative estimate of drug-likeness (QED) is 0.776. The monoisotopic (exact) mass is 263 g/mol. The fourth-order valence-corrected chi connectivity index (χ4v) is 2.02. The van der Waals surface area contributed by atoms with E-state index in [-0.39, 0.29) is 0 Å². The normalized spacial score (nSPS) is 11.1. The third-order valence-electron chi connectivity index (χ3n) is 2.93. The van der Waals surface area contributed by atoms with E-state index in [0.29, 0.717) is 11.8 Å². The van der Waals surface area contributed by atoms with E-state index in [9.17, 15) is 0 Å². The minimum absolute atomic E-state index is 0.570. The molecule has 0 saturated heterocycles. The van der Waals surface area contributed by atoms with Crippen molar-refractivity contribution in [2.24, 2.45) is 0 Å². The van der Waals surface area contributed by atoms with E-state index in [2.05, 4.69) is 48.4 Å². The number of aromatic nitrogens is 3. The molecule has 18 heavy (non-hydrogen) atoms. The van der Waals surface area contributed by atoms with Crippen LogP contribution >= 0.6 is 11.6 Å². The van der Waals surface area contributed by atoms with Crippen LogP contribution in [0.3, 0.4) is 0 Å². The summed E-state index contributed by atoms with van der Waals surface area (Å²) in [4.78, 5) is 0. The molecule has 0 amide bonds. The van der Waals surface area contributed by atoms with Crippen LogP contribution in [0.4, 0.5) is 0 Å². The zero-order chi connectivity index (χ0) is 13.0. The van der Waals surface area contributed by atoms with Crippen LogP contribution in [0.1, 0.15) is 36.6 Å². The lowest BCUT2D eigenvalue weighted by atomic mass is 10.0. The van der Waals surface area contributed by atoms with Gasteiger partial charge in [0.25, 0.3) is 0 Å². The molecule has 0 fully saturated rings. The Labute approximate surface area is 113 Å². The average Bonchev–Trinajstić information content (AvgIpc) is 2.78. The zero-order valence-corrected chi connectivity index (χ0v) is 11.6. The van der Waals surface area contributed by atoms with Gasteiger partial charge in [0.15, 0.2) is 0 Å². The fourth-order valence-electron chi connectivity index (χ4n) is 1.82. The Morgan fingerprint density at radius 2 is 1.94 bits per heavy atom. The lowest BCUT2D eigenvalue weighted by Gasteiger charge is -2.06. The molecule has 2 aromatic rings. The van der Waals surface area contributed by atoms with Gasteiger partial charge >= 0.3 is 0 Å². The molecule has 2 rings (SSSR count). The van der Waals surface area contributed by atoms with Gasteiger partial charge in [-0.15, -0.1) is 16.7 Å². The number of rotatable bonds is 5. The minimum atomic E-state index is 0.570. The van der Waals surface area contributed by atoms with E-state index >= 15 is 0 Å². The summed E-state index contributed by atoms with van der Waals surface area (Å²) in [7, 11) is 0. The van der Waals surface area contributed by atoms with Crippen LogP contribution in [-0.2, 0) is 13.0 Å². The Bertz CT molecular complexity index is 488. The summed E-state index contributed by atoms with van der Waals surface area (Å²) in [5.41, 5.74) is 3.55. The highest BCUT2D eigenvalue weighted by atomic mass is 35.5. The molecule has 0 bridgehead atoms. The highest BCUT2D eigenvalue weighted by Crippen LogP contribution is 2.15. The molecule has 0 aliphatic rings. The van der Waals surface area contributed by atoms with Crippen molar-refractivity contribution < 1.29 is 0 Å². The van der Waals surface area contributed by atoms with Gasteiger partial charge in [-0.05, 0) is 17.0 Å². The van der Waals surface area contributed by atoms with E-state index in [1.54, 1.807) is 0 Å². The van der Waals surface area contributed by atoms with Gasteiger partial charge in [-0.2, -0.15) is 0 Å². The van der Waals surface area contributed by atoms with Crippen LogP contribution in [0.25, 0.3) is 0 Å². The summed E-state index contributed by atoms with van der Waals surface area (Å²) in [6, 6.07) is 8.66. The first kappa shape index (κ1) is 13.1. The molecule has 0 spiro atoms. The second kappa shape index (κ2) is 6.01. The number of aryl methyl sites for hydroxylation is 1. The van der Waals surface area contributed by atoms with Crippen molar-refractivity contribution in [2.75, 3.05) is 5.88 Å². The summed E-state index contributed by atoms with van der Waals surface area (Å²) in [6.07, 6.45) is 2.73. The molecule has 0 atom stereocenters. The van der Waals surface area contributed by atoms with Crippen LogP contribution < -0.4 is 0 Å². The minimum Gasteiger partial charge on any atom is -0.248 e. The molecule has 3 nitrogen and oxygen atoms in total. The highest BCUT2D eigenvalue weighted by molar-refractivity contribution is 6.17. The maximum Gasteiger partial charge on any atom is 0.0839 e. The first-order valence-electron chi connectivity index (χ1n) is 6.23. The Kier molecular flexibility index (Phi) is 4.37. The fraction of sp³-hybridized carbons (Fsp3) is 0.429. The molecule has 4 heteroatoms. The largest absolute Gasteiger partial charge is 0.248 e. The van der Waals surface area contributed by atoms with Crippen molar-refractivity contribution in [3.63, 3.8) is 0 Å². The molecule has 0 unspecified atom stereocenters. The lowest BCUT2D eigenvalue weighted by Crippen LogP contribution is -2.00. The topological polar surface area (TPSA) is 30.7 Å². The lowest BCUT2D eigenvalue weighted by molar-refractivity contribution is 0.649. The third kappa shape index (κ3) is 3.33. The van der Waals surface area contributed by atoms with Crippen LogP contribution in [0.5, 0.6) is 0 Å². The standard InChI is InChI=1S/C14H18ClN3/c1-11(2)13-5-3-12(4-6-13)9-18-10-14(7-8-15)16-17-18/h3-6,10-11H,7-9H2,1-2H3. The van der Waals surface area contributed by atoms with Crippen molar-refractivity contribution >= 4 is 11.6 Å². The van der Waals surface area contributed by atoms with Crippen LogP contribution in [0.2, 0.25) is 0 Å². The van der Waals surface area contributed by atoms with Crippen molar-refractivity contribution in [3.05, 3.63) is 47.3 Å².